The van der Waals surface area contributed by atoms with Gasteiger partial charge in [-0.2, -0.15) is 0 Å². The fourth-order valence-electron chi connectivity index (χ4n) is 3.63. The highest BCUT2D eigenvalue weighted by molar-refractivity contribution is 6.31. The maximum absolute atomic E-state index is 12.7. The molecule has 4 rings (SSSR count). The van der Waals surface area contributed by atoms with E-state index >= 15 is 0 Å². The molecule has 10 heteroatoms. The molecule has 156 valence electrons. The van der Waals surface area contributed by atoms with Crippen molar-refractivity contribution in [2.45, 2.75) is 6.04 Å². The van der Waals surface area contributed by atoms with Crippen molar-refractivity contribution >= 4 is 28.8 Å². The number of nitrogens with zero attached hydrogens (tertiary/aromatic N) is 4. The second-order valence-electron chi connectivity index (χ2n) is 6.87. The van der Waals surface area contributed by atoms with Crippen molar-refractivity contribution in [2.75, 3.05) is 38.2 Å². The maximum Gasteiger partial charge on any atom is 0.376 e. The highest BCUT2D eigenvalue weighted by atomic mass is 35.5. The van der Waals surface area contributed by atoms with E-state index in [2.05, 4.69) is 15.2 Å². The van der Waals surface area contributed by atoms with E-state index in [1.807, 2.05) is 24.3 Å². The van der Waals surface area contributed by atoms with Gasteiger partial charge in [0.2, 0.25) is 5.82 Å². The molecule has 1 fully saturated rings. The molecule has 2 aromatic heterocycles. The van der Waals surface area contributed by atoms with Gasteiger partial charge in [0.05, 0.1) is 24.2 Å². The Hall–Kier alpha value is -3.01. The standard InChI is InChI=1S/C20H20ClN5O4/c21-15-6-2-1-5-14(15)16(24-9-11-30-12-10-24)13-22-19-18(26(28)29)20(27)25-8-4-3-7-17(25)23-19/h1-8,16,22H,9-13H2. The Labute approximate surface area is 177 Å². The van der Waals surface area contributed by atoms with Gasteiger partial charge in [0.25, 0.3) is 0 Å². The van der Waals surface area contributed by atoms with Gasteiger partial charge in [0, 0.05) is 30.9 Å². The minimum atomic E-state index is -0.728. The van der Waals surface area contributed by atoms with Crippen molar-refractivity contribution in [3.05, 3.63) is 79.7 Å². The number of hydrogen-bond donors (Lipinski definition) is 1. The lowest BCUT2D eigenvalue weighted by molar-refractivity contribution is -0.385. The first-order valence-corrected chi connectivity index (χ1v) is 9.90. The Kier molecular flexibility index (Phi) is 5.93. The molecule has 1 saturated heterocycles. The molecule has 1 aliphatic heterocycles. The fraction of sp³-hybridized carbons (Fsp3) is 0.300. The Bertz CT molecular complexity index is 1130. The van der Waals surface area contributed by atoms with Crippen molar-refractivity contribution in [2.24, 2.45) is 0 Å². The van der Waals surface area contributed by atoms with E-state index in [-0.39, 0.29) is 11.9 Å². The van der Waals surface area contributed by atoms with Crippen LogP contribution in [0.4, 0.5) is 11.5 Å². The van der Waals surface area contributed by atoms with E-state index in [1.54, 1.807) is 18.2 Å². The lowest BCUT2D eigenvalue weighted by Gasteiger charge is -2.35. The number of nitro groups is 1. The smallest absolute Gasteiger partial charge is 0.376 e. The molecule has 30 heavy (non-hydrogen) atoms. The zero-order valence-corrected chi connectivity index (χ0v) is 16.8. The van der Waals surface area contributed by atoms with Crippen LogP contribution in [0.3, 0.4) is 0 Å². The summed E-state index contributed by atoms with van der Waals surface area (Å²) in [6.07, 6.45) is 1.46. The summed E-state index contributed by atoms with van der Waals surface area (Å²) >= 11 is 6.44. The Morgan fingerprint density at radius 3 is 2.67 bits per heavy atom. The van der Waals surface area contributed by atoms with Crippen LogP contribution in [-0.2, 0) is 4.74 Å². The van der Waals surface area contributed by atoms with Crippen LogP contribution >= 0.6 is 11.6 Å². The average Bonchev–Trinajstić information content (AvgIpc) is 2.75. The molecule has 1 N–H and O–H groups in total. The van der Waals surface area contributed by atoms with Crippen LogP contribution < -0.4 is 10.9 Å². The molecule has 0 spiro atoms. The normalized spacial score (nSPS) is 15.8. The first-order chi connectivity index (χ1) is 14.6. The van der Waals surface area contributed by atoms with Gasteiger partial charge >= 0.3 is 11.2 Å². The van der Waals surface area contributed by atoms with Gasteiger partial charge in [-0.05, 0) is 23.8 Å². The van der Waals surface area contributed by atoms with Gasteiger partial charge < -0.3 is 10.1 Å². The minimum absolute atomic E-state index is 0.0542. The fourth-order valence-corrected chi connectivity index (χ4v) is 3.89. The molecule has 1 aliphatic rings. The average molecular weight is 430 g/mol. The number of hydrogen-bond acceptors (Lipinski definition) is 7. The number of pyridine rings is 1. The van der Waals surface area contributed by atoms with Crippen LogP contribution in [0, 0.1) is 10.1 Å². The number of benzene rings is 1. The van der Waals surface area contributed by atoms with Gasteiger partial charge in [-0.15, -0.1) is 0 Å². The molecule has 0 bridgehead atoms. The lowest BCUT2D eigenvalue weighted by atomic mass is 10.0. The number of anilines is 1. The summed E-state index contributed by atoms with van der Waals surface area (Å²) in [6.45, 7) is 2.88. The third kappa shape index (κ3) is 4.00. The van der Waals surface area contributed by atoms with Gasteiger partial charge in [0.15, 0.2) is 0 Å². The summed E-state index contributed by atoms with van der Waals surface area (Å²) in [5.74, 6) is -0.0542. The number of fused-ring (bicyclic) bond motifs is 1. The monoisotopic (exact) mass is 429 g/mol. The van der Waals surface area contributed by atoms with Crippen LogP contribution in [0.1, 0.15) is 11.6 Å². The van der Waals surface area contributed by atoms with Gasteiger partial charge in [-0.25, -0.2) is 4.98 Å². The summed E-state index contributed by atoms with van der Waals surface area (Å²) in [4.78, 5) is 30.1. The lowest BCUT2D eigenvalue weighted by Crippen LogP contribution is -2.41. The molecule has 1 aromatic carbocycles. The highest BCUT2D eigenvalue weighted by Gasteiger charge is 2.28. The molecular weight excluding hydrogens is 410 g/mol. The first kappa shape index (κ1) is 20.3. The van der Waals surface area contributed by atoms with Gasteiger partial charge in [-0.1, -0.05) is 35.9 Å². The highest BCUT2D eigenvalue weighted by Crippen LogP contribution is 2.29. The predicted molar refractivity (Wildman–Crippen MR) is 113 cm³/mol. The largest absolute Gasteiger partial charge is 0.379 e. The number of halogens is 1. The van der Waals surface area contributed by atoms with Crippen LogP contribution in [0.2, 0.25) is 5.02 Å². The Morgan fingerprint density at radius 1 is 1.20 bits per heavy atom. The summed E-state index contributed by atoms with van der Waals surface area (Å²) < 4.78 is 6.62. The van der Waals surface area contributed by atoms with Crippen LogP contribution in [0.25, 0.3) is 5.65 Å². The first-order valence-electron chi connectivity index (χ1n) is 9.52. The van der Waals surface area contributed by atoms with Gasteiger partial charge in [0.1, 0.15) is 5.65 Å². The summed E-state index contributed by atoms with van der Waals surface area (Å²) in [5, 5.41) is 15.3. The molecule has 1 unspecified atom stereocenters. The molecule has 9 nitrogen and oxygen atoms in total. The summed E-state index contributed by atoms with van der Waals surface area (Å²) in [6, 6.07) is 12.3. The number of aromatic nitrogens is 2. The van der Waals surface area contributed by atoms with Crippen molar-refractivity contribution < 1.29 is 9.66 Å². The maximum atomic E-state index is 12.7. The molecule has 0 amide bonds. The molecule has 1 atom stereocenters. The SMILES string of the molecule is O=c1c([N+](=O)[O-])c(NCC(c2ccccc2Cl)N2CCOCC2)nc2ccccn12. The molecule has 0 aliphatic carbocycles. The van der Waals surface area contributed by atoms with E-state index in [9.17, 15) is 14.9 Å². The van der Waals surface area contributed by atoms with Crippen molar-refractivity contribution in [1.82, 2.24) is 14.3 Å². The topological polar surface area (TPSA) is 102 Å². The van der Waals surface area contributed by atoms with Crippen molar-refractivity contribution in [3.63, 3.8) is 0 Å². The molecular formula is C20H20ClN5O4. The number of nitrogens with one attached hydrogen (secondary N) is 1. The summed E-state index contributed by atoms with van der Waals surface area (Å²) in [5.41, 5.74) is -0.0858. The zero-order chi connectivity index (χ0) is 21.1. The third-order valence-electron chi connectivity index (χ3n) is 5.11. The molecule has 3 heterocycles. The van der Waals surface area contributed by atoms with Crippen LogP contribution in [0.15, 0.2) is 53.5 Å². The van der Waals surface area contributed by atoms with E-state index in [0.717, 1.165) is 9.96 Å². The van der Waals surface area contributed by atoms with Gasteiger partial charge in [-0.3, -0.25) is 24.2 Å². The van der Waals surface area contributed by atoms with Crippen molar-refractivity contribution in [3.8, 4) is 0 Å². The molecule has 3 aromatic rings. The van der Waals surface area contributed by atoms with E-state index in [0.29, 0.717) is 43.5 Å². The number of rotatable bonds is 6. The Balaban J connectivity index is 1.71. The van der Waals surface area contributed by atoms with Crippen molar-refractivity contribution in [1.29, 1.82) is 0 Å². The van der Waals surface area contributed by atoms with E-state index in [4.69, 9.17) is 16.3 Å². The zero-order valence-electron chi connectivity index (χ0n) is 16.0. The number of morpholine rings is 1. The third-order valence-corrected chi connectivity index (χ3v) is 5.45. The van der Waals surface area contributed by atoms with Crippen LogP contribution in [-0.4, -0.2) is 52.1 Å². The molecule has 0 saturated carbocycles. The summed E-state index contributed by atoms with van der Waals surface area (Å²) in [7, 11) is 0. The Morgan fingerprint density at radius 2 is 1.93 bits per heavy atom. The second-order valence-corrected chi connectivity index (χ2v) is 7.27. The second kappa shape index (κ2) is 8.78. The van der Waals surface area contributed by atoms with Crippen LogP contribution in [0.5, 0.6) is 0 Å². The quantitative estimate of drug-likeness (QED) is 0.474. The number of ether oxygens (including phenoxy) is 1. The minimum Gasteiger partial charge on any atom is -0.379 e. The molecule has 0 radical (unpaired) electrons. The van der Waals surface area contributed by atoms with E-state index < -0.39 is 16.2 Å². The van der Waals surface area contributed by atoms with E-state index in [1.165, 1.54) is 6.20 Å². The predicted octanol–water partition coefficient (Wildman–Crippen LogP) is 2.74.